The standard InChI is InChI=1S/C16H18N6OS/c1-2-17-14-7-11-9-21(4-3-13(11)19-20-14)15(23)8-12-10-22-5-6-24-16(22)18-12/h5-7,10H,2-4,8-9H2,1H3,(H,17,20). The second-order valence-corrected chi connectivity index (χ2v) is 6.67. The molecule has 1 N–H and O–H groups in total. The summed E-state index contributed by atoms with van der Waals surface area (Å²) in [6.07, 6.45) is 4.97. The first-order chi connectivity index (χ1) is 11.7. The number of fused-ring (bicyclic) bond motifs is 2. The molecule has 0 fully saturated rings. The third-order valence-corrected chi connectivity index (χ3v) is 4.90. The number of aromatic nitrogens is 4. The van der Waals surface area contributed by atoms with Crippen LogP contribution in [0.25, 0.3) is 4.96 Å². The third-order valence-electron chi connectivity index (χ3n) is 4.13. The zero-order chi connectivity index (χ0) is 16.5. The van der Waals surface area contributed by atoms with Gasteiger partial charge in [0.1, 0.15) is 5.82 Å². The molecule has 0 bridgehead atoms. The van der Waals surface area contributed by atoms with Crippen LogP contribution in [0.1, 0.15) is 23.9 Å². The molecule has 1 aliphatic heterocycles. The molecule has 3 aromatic rings. The lowest BCUT2D eigenvalue weighted by atomic mass is 10.1. The van der Waals surface area contributed by atoms with Gasteiger partial charge in [-0.05, 0) is 18.6 Å². The average molecular weight is 342 g/mol. The first-order valence-corrected chi connectivity index (χ1v) is 8.89. The van der Waals surface area contributed by atoms with Crippen molar-refractivity contribution in [3.8, 4) is 0 Å². The molecule has 1 aliphatic rings. The Kier molecular flexibility index (Phi) is 3.89. The van der Waals surface area contributed by atoms with E-state index in [1.54, 1.807) is 11.3 Å². The Bertz CT molecular complexity index is 857. The first kappa shape index (κ1) is 15.1. The second-order valence-electron chi connectivity index (χ2n) is 5.80. The van der Waals surface area contributed by atoms with Gasteiger partial charge < -0.3 is 10.2 Å². The number of hydrogen-bond donors (Lipinski definition) is 1. The van der Waals surface area contributed by atoms with E-state index in [1.807, 2.05) is 40.1 Å². The van der Waals surface area contributed by atoms with Crippen molar-refractivity contribution >= 4 is 28.0 Å². The van der Waals surface area contributed by atoms with Crippen LogP contribution in [0.2, 0.25) is 0 Å². The summed E-state index contributed by atoms with van der Waals surface area (Å²) in [4.78, 5) is 19.9. The van der Waals surface area contributed by atoms with Gasteiger partial charge in [0.05, 0.1) is 17.8 Å². The summed E-state index contributed by atoms with van der Waals surface area (Å²) < 4.78 is 1.96. The van der Waals surface area contributed by atoms with Gasteiger partial charge in [0, 0.05) is 43.8 Å². The van der Waals surface area contributed by atoms with Crippen LogP contribution in [0.5, 0.6) is 0 Å². The van der Waals surface area contributed by atoms with Gasteiger partial charge in [-0.15, -0.1) is 16.4 Å². The molecule has 124 valence electrons. The molecule has 0 aromatic carbocycles. The highest BCUT2D eigenvalue weighted by atomic mass is 32.1. The monoisotopic (exact) mass is 342 g/mol. The predicted octanol–water partition coefficient (Wildman–Crippen LogP) is 1.74. The van der Waals surface area contributed by atoms with Crippen molar-refractivity contribution in [3.05, 3.63) is 40.8 Å². The minimum atomic E-state index is 0.105. The Morgan fingerprint density at radius 3 is 3.17 bits per heavy atom. The minimum absolute atomic E-state index is 0.105. The van der Waals surface area contributed by atoms with Gasteiger partial charge in [-0.3, -0.25) is 9.20 Å². The molecule has 1 amide bonds. The number of nitrogens with one attached hydrogen (secondary N) is 1. The van der Waals surface area contributed by atoms with Gasteiger partial charge in [-0.1, -0.05) is 0 Å². The van der Waals surface area contributed by atoms with Crippen LogP contribution in [0.4, 0.5) is 5.82 Å². The fourth-order valence-corrected chi connectivity index (χ4v) is 3.66. The number of imidazole rings is 1. The maximum Gasteiger partial charge on any atom is 0.228 e. The fourth-order valence-electron chi connectivity index (χ4n) is 2.94. The summed E-state index contributed by atoms with van der Waals surface area (Å²) >= 11 is 1.57. The number of carbonyl (C=O) groups excluding carboxylic acids is 1. The molecule has 3 aromatic heterocycles. The quantitative estimate of drug-likeness (QED) is 0.782. The summed E-state index contributed by atoms with van der Waals surface area (Å²) in [5.41, 5.74) is 2.88. The zero-order valence-corrected chi connectivity index (χ0v) is 14.2. The van der Waals surface area contributed by atoms with Crippen molar-refractivity contribution in [2.24, 2.45) is 0 Å². The number of amides is 1. The van der Waals surface area contributed by atoms with Gasteiger partial charge in [0.25, 0.3) is 0 Å². The highest BCUT2D eigenvalue weighted by Gasteiger charge is 2.23. The maximum atomic E-state index is 12.6. The Hall–Kier alpha value is -2.48. The fraction of sp³-hybridized carbons (Fsp3) is 0.375. The number of thiazole rings is 1. The summed E-state index contributed by atoms with van der Waals surface area (Å²) in [5.74, 6) is 0.869. The Morgan fingerprint density at radius 2 is 2.33 bits per heavy atom. The van der Waals surface area contributed by atoms with E-state index in [0.29, 0.717) is 19.5 Å². The first-order valence-electron chi connectivity index (χ1n) is 8.01. The van der Waals surface area contributed by atoms with Crippen LogP contribution in [-0.2, 0) is 24.2 Å². The van der Waals surface area contributed by atoms with Gasteiger partial charge in [0.15, 0.2) is 4.96 Å². The SMILES string of the molecule is CCNc1cc2c(nn1)CCN(C(=O)Cc1cn3ccsc3n1)C2. The third kappa shape index (κ3) is 2.84. The van der Waals surface area contributed by atoms with E-state index < -0.39 is 0 Å². The van der Waals surface area contributed by atoms with Gasteiger partial charge >= 0.3 is 0 Å². The molecule has 0 aliphatic carbocycles. The van der Waals surface area contributed by atoms with Crippen molar-refractivity contribution < 1.29 is 4.79 Å². The van der Waals surface area contributed by atoms with Crippen LogP contribution in [0.15, 0.2) is 23.8 Å². The molecular weight excluding hydrogens is 324 g/mol. The molecule has 0 spiro atoms. The largest absolute Gasteiger partial charge is 0.369 e. The molecule has 4 heterocycles. The number of hydrogen-bond acceptors (Lipinski definition) is 6. The topological polar surface area (TPSA) is 75.4 Å². The van der Waals surface area contributed by atoms with E-state index in [4.69, 9.17) is 0 Å². The molecule has 0 saturated carbocycles. The van der Waals surface area contributed by atoms with Crippen LogP contribution < -0.4 is 5.32 Å². The van der Waals surface area contributed by atoms with Crippen molar-refractivity contribution in [2.45, 2.75) is 26.3 Å². The van der Waals surface area contributed by atoms with Crippen LogP contribution >= 0.6 is 11.3 Å². The smallest absolute Gasteiger partial charge is 0.228 e. The maximum absolute atomic E-state index is 12.6. The van der Waals surface area contributed by atoms with E-state index in [2.05, 4.69) is 20.5 Å². The lowest BCUT2D eigenvalue weighted by Gasteiger charge is -2.28. The number of anilines is 1. The molecule has 4 rings (SSSR count). The van der Waals surface area contributed by atoms with Crippen LogP contribution in [0, 0.1) is 0 Å². The van der Waals surface area contributed by atoms with Gasteiger partial charge in [-0.25, -0.2) is 4.98 Å². The van der Waals surface area contributed by atoms with E-state index in [1.165, 1.54) is 0 Å². The van der Waals surface area contributed by atoms with Crippen molar-refractivity contribution in [3.63, 3.8) is 0 Å². The van der Waals surface area contributed by atoms with E-state index in [0.717, 1.165) is 40.7 Å². The summed E-state index contributed by atoms with van der Waals surface area (Å²) in [7, 11) is 0. The molecule has 7 nitrogen and oxygen atoms in total. The van der Waals surface area contributed by atoms with Gasteiger partial charge in [0.2, 0.25) is 5.91 Å². The summed E-state index contributed by atoms with van der Waals surface area (Å²) in [6, 6.07) is 2.00. The van der Waals surface area contributed by atoms with Crippen molar-refractivity contribution in [1.82, 2.24) is 24.5 Å². The van der Waals surface area contributed by atoms with E-state index in [-0.39, 0.29) is 5.91 Å². The predicted molar refractivity (Wildman–Crippen MR) is 92.1 cm³/mol. The van der Waals surface area contributed by atoms with Crippen LogP contribution in [-0.4, -0.2) is 43.5 Å². The highest BCUT2D eigenvalue weighted by molar-refractivity contribution is 7.15. The van der Waals surface area contributed by atoms with Crippen molar-refractivity contribution in [2.75, 3.05) is 18.4 Å². The number of carbonyl (C=O) groups is 1. The van der Waals surface area contributed by atoms with E-state index >= 15 is 0 Å². The average Bonchev–Trinajstić information content (AvgIpc) is 3.16. The summed E-state index contributed by atoms with van der Waals surface area (Å²) in [5, 5.41) is 13.6. The summed E-state index contributed by atoms with van der Waals surface area (Å²) in [6.45, 7) is 4.09. The number of rotatable bonds is 4. The second kappa shape index (κ2) is 6.20. The highest BCUT2D eigenvalue weighted by Crippen LogP contribution is 2.20. The minimum Gasteiger partial charge on any atom is -0.369 e. The Morgan fingerprint density at radius 1 is 1.42 bits per heavy atom. The normalized spacial score (nSPS) is 14.0. The molecular formula is C16H18N6OS. The van der Waals surface area contributed by atoms with Crippen LogP contribution in [0.3, 0.4) is 0 Å². The molecule has 8 heteroatoms. The van der Waals surface area contributed by atoms with E-state index in [9.17, 15) is 4.79 Å². The zero-order valence-electron chi connectivity index (χ0n) is 13.4. The Labute approximate surface area is 143 Å². The van der Waals surface area contributed by atoms with Crippen molar-refractivity contribution in [1.29, 1.82) is 0 Å². The lowest BCUT2D eigenvalue weighted by Crippen LogP contribution is -2.37. The molecule has 0 atom stereocenters. The lowest BCUT2D eigenvalue weighted by molar-refractivity contribution is -0.131. The molecule has 0 radical (unpaired) electrons. The molecule has 24 heavy (non-hydrogen) atoms. The van der Waals surface area contributed by atoms with Gasteiger partial charge in [-0.2, -0.15) is 5.10 Å². The number of nitrogens with zero attached hydrogens (tertiary/aromatic N) is 5. The molecule has 0 saturated heterocycles. The molecule has 0 unspecified atom stereocenters. The Balaban J connectivity index is 1.47.